The first-order valence-electron chi connectivity index (χ1n) is 14.3. The van der Waals surface area contributed by atoms with Gasteiger partial charge in [0.2, 0.25) is 0 Å². The van der Waals surface area contributed by atoms with E-state index in [9.17, 15) is 0 Å². The van der Waals surface area contributed by atoms with E-state index in [1.54, 1.807) is 85.3 Å². The van der Waals surface area contributed by atoms with Crippen LogP contribution in [0, 0.1) is 0 Å². The summed E-state index contributed by atoms with van der Waals surface area (Å²) in [6.45, 7) is 0. The molecule has 1 aliphatic rings. The standard InChI is InChI=1S/C20H56O16Si8/c1-21-41(22-2,23-3)17-13-37-33-38(14-18-42(24-4,25-5)26-6)35-40(16-20-44(30-10,31-11)32-12)36-39(34-37)15-19-43(27-7,28-8)29-9/h37-40H,13-20H2,1-12H3. The fourth-order valence-electron chi connectivity index (χ4n) is 4.75. The Labute approximate surface area is 274 Å². The Hall–Kier alpha value is 1.10. The van der Waals surface area contributed by atoms with Gasteiger partial charge in [-0.05, 0) is 24.2 Å². The lowest BCUT2D eigenvalue weighted by Gasteiger charge is -2.37. The summed E-state index contributed by atoms with van der Waals surface area (Å²) in [7, 11) is -1.86. The van der Waals surface area contributed by atoms with Crippen molar-refractivity contribution in [1.29, 1.82) is 0 Å². The maximum atomic E-state index is 6.80. The highest BCUT2D eigenvalue weighted by Gasteiger charge is 2.46. The van der Waals surface area contributed by atoms with E-state index in [4.69, 9.17) is 69.6 Å². The molecule has 0 spiro atoms. The Balaban J connectivity index is 3.36. The third-order valence-electron chi connectivity index (χ3n) is 7.69. The first kappa shape index (κ1) is 43.1. The molecule has 0 aromatic carbocycles. The lowest BCUT2D eigenvalue weighted by Crippen LogP contribution is -2.52. The van der Waals surface area contributed by atoms with Gasteiger partial charge in [-0.15, -0.1) is 0 Å². The van der Waals surface area contributed by atoms with E-state index < -0.39 is 72.4 Å². The highest BCUT2D eigenvalue weighted by atomic mass is 28.5. The summed E-state index contributed by atoms with van der Waals surface area (Å²) in [5, 5.41) is 0. The van der Waals surface area contributed by atoms with Crippen molar-refractivity contribution in [2.75, 3.05) is 85.3 Å². The molecule has 24 heteroatoms. The van der Waals surface area contributed by atoms with Crippen molar-refractivity contribution in [3.8, 4) is 0 Å². The van der Waals surface area contributed by atoms with Gasteiger partial charge in [0.25, 0.3) is 0 Å². The molecule has 1 aliphatic heterocycles. The molecule has 0 atom stereocenters. The first-order valence-corrected chi connectivity index (χ1v) is 29.0. The summed E-state index contributed by atoms with van der Waals surface area (Å²) >= 11 is 0. The third kappa shape index (κ3) is 12.8. The quantitative estimate of drug-likeness (QED) is 0.125. The highest BCUT2D eigenvalue weighted by molar-refractivity contribution is 6.76. The molecule has 264 valence electrons. The topological polar surface area (TPSA) is 148 Å². The fraction of sp³-hybridized carbons (Fsp3) is 1.00. The summed E-state index contributed by atoms with van der Waals surface area (Å²) in [6.07, 6.45) is 0. The minimum Gasteiger partial charge on any atom is -0.420 e. The van der Waals surface area contributed by atoms with Gasteiger partial charge in [-0.3, -0.25) is 0 Å². The van der Waals surface area contributed by atoms with E-state index in [1.807, 2.05) is 0 Å². The van der Waals surface area contributed by atoms with Crippen LogP contribution in [-0.4, -0.2) is 158 Å². The molecule has 0 radical (unpaired) electrons. The predicted octanol–water partition coefficient (Wildman–Crippen LogP) is 0.461. The molecule has 44 heavy (non-hydrogen) atoms. The third-order valence-corrected chi connectivity index (χ3v) is 33.8. The van der Waals surface area contributed by atoms with Crippen LogP contribution in [0.2, 0.25) is 48.4 Å². The van der Waals surface area contributed by atoms with Crippen molar-refractivity contribution in [3.05, 3.63) is 0 Å². The van der Waals surface area contributed by atoms with Gasteiger partial charge in [0.05, 0.1) is 0 Å². The van der Waals surface area contributed by atoms with E-state index in [2.05, 4.69) is 0 Å². The summed E-state index contributed by atoms with van der Waals surface area (Å²) in [5.74, 6) is 0. The van der Waals surface area contributed by atoms with Gasteiger partial charge in [-0.1, -0.05) is 0 Å². The molecule has 0 saturated carbocycles. The molecular weight excluding hydrogens is 721 g/mol. The normalized spacial score (nSPS) is 22.6. The van der Waals surface area contributed by atoms with Crippen molar-refractivity contribution in [2.24, 2.45) is 0 Å². The molecule has 0 bridgehead atoms. The van der Waals surface area contributed by atoms with Gasteiger partial charge in [0, 0.05) is 109 Å². The van der Waals surface area contributed by atoms with Gasteiger partial charge in [0.1, 0.15) is 0 Å². The molecule has 0 aromatic heterocycles. The summed E-state index contributed by atoms with van der Waals surface area (Å²) in [5.41, 5.74) is 0. The minimum absolute atomic E-state index is 0.528. The zero-order valence-electron chi connectivity index (χ0n) is 28.5. The fourth-order valence-corrected chi connectivity index (χ4v) is 31.7. The van der Waals surface area contributed by atoms with Crippen molar-refractivity contribution in [1.82, 2.24) is 0 Å². The lowest BCUT2D eigenvalue weighted by molar-refractivity contribution is 0.124. The largest absolute Gasteiger partial charge is 0.500 e. The van der Waals surface area contributed by atoms with Gasteiger partial charge in [-0.25, -0.2) is 0 Å². The van der Waals surface area contributed by atoms with Gasteiger partial charge >= 0.3 is 72.4 Å². The smallest absolute Gasteiger partial charge is 0.420 e. The number of hydrogen-bond donors (Lipinski definition) is 0. The molecule has 0 N–H and O–H groups in total. The zero-order valence-corrected chi connectivity index (χ0v) is 37.1. The first-order chi connectivity index (χ1) is 21.0. The average Bonchev–Trinajstić information content (AvgIpc) is 3.06. The van der Waals surface area contributed by atoms with Crippen LogP contribution in [0.4, 0.5) is 0 Å². The Kier molecular flexibility index (Phi) is 21.5. The van der Waals surface area contributed by atoms with Gasteiger partial charge in [0.15, 0.2) is 0 Å². The zero-order chi connectivity index (χ0) is 33.3. The lowest BCUT2D eigenvalue weighted by atomic mass is 11.0. The Bertz CT molecular complexity index is 590. The summed E-state index contributed by atoms with van der Waals surface area (Å²) < 4.78 is 95.3. The van der Waals surface area contributed by atoms with Crippen molar-refractivity contribution in [2.45, 2.75) is 48.4 Å². The second-order valence-electron chi connectivity index (χ2n) is 9.60. The molecule has 1 saturated heterocycles. The van der Waals surface area contributed by atoms with Crippen LogP contribution < -0.4 is 0 Å². The number of rotatable bonds is 24. The van der Waals surface area contributed by atoms with E-state index in [1.165, 1.54) is 0 Å². The Morgan fingerprint density at radius 2 is 0.432 bits per heavy atom. The second-order valence-corrected chi connectivity index (χ2v) is 32.1. The average molecular weight is 777 g/mol. The SMILES string of the molecule is CO[Si](CC[SiH]1O[SiH](CC[Si](OC)(OC)OC)O[SiH](CC[Si](OC)(OC)OC)O[SiH](CC[Si](OC)(OC)OC)O1)(OC)OC. The van der Waals surface area contributed by atoms with Gasteiger partial charge < -0.3 is 69.6 Å². The highest BCUT2D eigenvalue weighted by Crippen LogP contribution is 2.28. The van der Waals surface area contributed by atoms with Crippen LogP contribution in [-0.2, 0) is 69.6 Å². The summed E-state index contributed by atoms with van der Waals surface area (Å²) in [6, 6.07) is 4.46. The maximum absolute atomic E-state index is 6.80. The van der Waals surface area contributed by atoms with Crippen molar-refractivity contribution in [3.63, 3.8) is 0 Å². The van der Waals surface area contributed by atoms with E-state index in [0.29, 0.717) is 48.4 Å². The van der Waals surface area contributed by atoms with Crippen molar-refractivity contribution < 1.29 is 69.6 Å². The van der Waals surface area contributed by atoms with Crippen LogP contribution in [0.5, 0.6) is 0 Å². The molecule has 0 aromatic rings. The van der Waals surface area contributed by atoms with Crippen LogP contribution in [0.1, 0.15) is 0 Å². The van der Waals surface area contributed by atoms with Crippen LogP contribution >= 0.6 is 0 Å². The molecule has 1 heterocycles. The van der Waals surface area contributed by atoms with E-state index in [-0.39, 0.29) is 0 Å². The molecule has 16 nitrogen and oxygen atoms in total. The van der Waals surface area contributed by atoms with Crippen molar-refractivity contribution >= 4 is 72.4 Å². The van der Waals surface area contributed by atoms with Gasteiger partial charge in [-0.2, -0.15) is 0 Å². The molecule has 0 unspecified atom stereocenters. The minimum atomic E-state index is -2.88. The molecule has 1 rings (SSSR count). The Morgan fingerprint density at radius 1 is 0.295 bits per heavy atom. The van der Waals surface area contributed by atoms with E-state index >= 15 is 0 Å². The maximum Gasteiger partial charge on any atom is 0.500 e. The summed E-state index contributed by atoms with van der Waals surface area (Å²) in [4.78, 5) is 0. The molecule has 1 fully saturated rings. The predicted molar refractivity (Wildman–Crippen MR) is 179 cm³/mol. The molecule has 0 aliphatic carbocycles. The van der Waals surface area contributed by atoms with Crippen LogP contribution in [0.25, 0.3) is 0 Å². The van der Waals surface area contributed by atoms with Crippen LogP contribution in [0.15, 0.2) is 0 Å². The van der Waals surface area contributed by atoms with Crippen LogP contribution in [0.3, 0.4) is 0 Å². The van der Waals surface area contributed by atoms with E-state index in [0.717, 1.165) is 0 Å². The number of hydrogen-bond acceptors (Lipinski definition) is 16. The molecule has 0 amide bonds. The monoisotopic (exact) mass is 776 g/mol. The Morgan fingerprint density at radius 3 is 0.545 bits per heavy atom. The molecular formula is C20H56O16Si8. The second kappa shape index (κ2) is 21.9.